The van der Waals surface area contributed by atoms with Gasteiger partial charge >= 0.3 is 6.03 Å². The number of nitrogens with zero attached hydrogens (tertiary/aromatic N) is 4. The van der Waals surface area contributed by atoms with E-state index in [1.807, 2.05) is 23.1 Å². The first-order chi connectivity index (χ1) is 12.6. The minimum Gasteiger partial charge on any atom is -0.331 e. The Morgan fingerprint density at radius 3 is 2.73 bits per heavy atom. The maximum absolute atomic E-state index is 13.0. The normalized spacial score (nSPS) is 14.3. The van der Waals surface area contributed by atoms with E-state index in [9.17, 15) is 4.79 Å². The number of carbonyl (C=O) groups is 1. The fourth-order valence-electron chi connectivity index (χ4n) is 3.65. The van der Waals surface area contributed by atoms with E-state index in [0.29, 0.717) is 12.5 Å². The summed E-state index contributed by atoms with van der Waals surface area (Å²) in [5.74, 6) is 2.28. The Bertz CT molecular complexity index is 725. The number of benzene rings is 1. The van der Waals surface area contributed by atoms with Crippen LogP contribution in [0.1, 0.15) is 56.9 Å². The Kier molecular flexibility index (Phi) is 5.91. The largest absolute Gasteiger partial charge is 0.331 e. The highest BCUT2D eigenvalue weighted by molar-refractivity contribution is 5.74. The van der Waals surface area contributed by atoms with E-state index in [1.54, 1.807) is 0 Å². The smallest absolute Gasteiger partial charge is 0.318 e. The van der Waals surface area contributed by atoms with Crippen LogP contribution in [0.3, 0.4) is 0 Å². The zero-order valence-electron chi connectivity index (χ0n) is 16.0. The second-order valence-electron chi connectivity index (χ2n) is 7.33. The number of nitrogens with one attached hydrogen (secondary N) is 1. The van der Waals surface area contributed by atoms with Crippen LogP contribution in [0.2, 0.25) is 0 Å². The van der Waals surface area contributed by atoms with Crippen molar-refractivity contribution in [3.05, 3.63) is 47.5 Å². The summed E-state index contributed by atoms with van der Waals surface area (Å²) in [5.41, 5.74) is 1.18. The van der Waals surface area contributed by atoms with Gasteiger partial charge in [-0.15, -0.1) is 10.2 Å². The summed E-state index contributed by atoms with van der Waals surface area (Å²) in [7, 11) is 0. The molecule has 3 rings (SSSR count). The highest BCUT2D eigenvalue weighted by Crippen LogP contribution is 2.25. The Morgan fingerprint density at radius 1 is 1.27 bits per heavy atom. The summed E-state index contributed by atoms with van der Waals surface area (Å²) in [6.07, 6.45) is 2.97. The van der Waals surface area contributed by atoms with Crippen LogP contribution in [0, 0.1) is 5.92 Å². The Labute approximate surface area is 155 Å². The number of aryl methyl sites for hydroxylation is 1. The van der Waals surface area contributed by atoms with Gasteiger partial charge in [-0.2, -0.15) is 0 Å². The molecule has 140 valence electrons. The van der Waals surface area contributed by atoms with Gasteiger partial charge in [0.05, 0.1) is 12.6 Å². The average molecular weight is 355 g/mol. The number of fused-ring (bicyclic) bond motifs is 1. The summed E-state index contributed by atoms with van der Waals surface area (Å²) in [5, 5.41) is 11.5. The van der Waals surface area contributed by atoms with E-state index >= 15 is 0 Å². The van der Waals surface area contributed by atoms with Crippen molar-refractivity contribution < 1.29 is 4.79 Å². The Hall–Kier alpha value is -2.37. The molecule has 1 aliphatic heterocycles. The minimum absolute atomic E-state index is 0.0373. The van der Waals surface area contributed by atoms with Crippen LogP contribution in [0.4, 0.5) is 4.79 Å². The molecule has 0 fully saturated rings. The molecule has 0 bridgehead atoms. The Balaban J connectivity index is 1.72. The van der Waals surface area contributed by atoms with E-state index in [0.717, 1.165) is 44.0 Å². The van der Waals surface area contributed by atoms with Crippen molar-refractivity contribution in [3.8, 4) is 0 Å². The third kappa shape index (κ3) is 4.06. The summed E-state index contributed by atoms with van der Waals surface area (Å²) < 4.78 is 2.13. The first-order valence-electron chi connectivity index (χ1n) is 9.60. The van der Waals surface area contributed by atoms with Crippen molar-refractivity contribution in [2.45, 2.75) is 59.2 Å². The maximum Gasteiger partial charge on any atom is 0.318 e. The van der Waals surface area contributed by atoms with E-state index in [-0.39, 0.29) is 12.1 Å². The molecule has 0 spiro atoms. The molecule has 1 N–H and O–H groups in total. The van der Waals surface area contributed by atoms with Gasteiger partial charge in [0.25, 0.3) is 0 Å². The average Bonchev–Trinajstić information content (AvgIpc) is 3.24. The van der Waals surface area contributed by atoms with Gasteiger partial charge in [-0.1, -0.05) is 51.1 Å². The van der Waals surface area contributed by atoms with Gasteiger partial charge in [0.15, 0.2) is 5.82 Å². The minimum atomic E-state index is -0.0373. The van der Waals surface area contributed by atoms with Gasteiger partial charge in [0.1, 0.15) is 5.82 Å². The topological polar surface area (TPSA) is 63.1 Å². The van der Waals surface area contributed by atoms with Crippen molar-refractivity contribution in [2.75, 3.05) is 6.54 Å². The molecule has 0 unspecified atom stereocenters. The summed E-state index contributed by atoms with van der Waals surface area (Å²) >= 11 is 0. The molecule has 0 saturated carbocycles. The molecule has 2 amide bonds. The van der Waals surface area contributed by atoms with Crippen LogP contribution in [0.5, 0.6) is 0 Å². The molecule has 0 aliphatic carbocycles. The van der Waals surface area contributed by atoms with Crippen LogP contribution in [0.15, 0.2) is 30.3 Å². The molecule has 1 aromatic carbocycles. The van der Waals surface area contributed by atoms with Crippen LogP contribution in [-0.4, -0.2) is 32.2 Å². The first-order valence-corrected chi connectivity index (χ1v) is 9.60. The lowest BCUT2D eigenvalue weighted by molar-refractivity contribution is 0.162. The molecule has 2 heterocycles. The molecule has 0 radical (unpaired) electrons. The van der Waals surface area contributed by atoms with Crippen LogP contribution < -0.4 is 5.32 Å². The maximum atomic E-state index is 13.0. The lowest BCUT2D eigenvalue weighted by Crippen LogP contribution is -2.44. The molecule has 2 aromatic rings. The third-order valence-electron chi connectivity index (χ3n) is 4.85. The predicted molar refractivity (Wildman–Crippen MR) is 102 cm³/mol. The van der Waals surface area contributed by atoms with Crippen molar-refractivity contribution in [1.82, 2.24) is 25.0 Å². The highest BCUT2D eigenvalue weighted by Gasteiger charge is 2.25. The molecule has 1 atom stereocenters. The van der Waals surface area contributed by atoms with Crippen molar-refractivity contribution in [2.24, 2.45) is 5.92 Å². The van der Waals surface area contributed by atoms with Gasteiger partial charge in [-0.05, 0) is 24.3 Å². The molecule has 1 aliphatic rings. The fraction of sp³-hybridized carbons (Fsp3) is 0.550. The van der Waals surface area contributed by atoms with Crippen molar-refractivity contribution >= 4 is 6.03 Å². The molecule has 1 aromatic heterocycles. The van der Waals surface area contributed by atoms with Crippen molar-refractivity contribution in [3.63, 3.8) is 0 Å². The predicted octanol–water partition coefficient (Wildman–Crippen LogP) is 3.54. The second-order valence-corrected chi connectivity index (χ2v) is 7.33. The third-order valence-corrected chi connectivity index (χ3v) is 4.85. The summed E-state index contributed by atoms with van der Waals surface area (Å²) in [4.78, 5) is 15.0. The lowest BCUT2D eigenvalue weighted by Gasteiger charge is -2.33. The van der Waals surface area contributed by atoms with E-state index in [2.05, 4.69) is 53.0 Å². The number of rotatable bonds is 7. The Morgan fingerprint density at radius 2 is 2.04 bits per heavy atom. The lowest BCUT2D eigenvalue weighted by atomic mass is 10.0. The number of hydrogen-bond acceptors (Lipinski definition) is 3. The van der Waals surface area contributed by atoms with Gasteiger partial charge < -0.3 is 14.8 Å². The van der Waals surface area contributed by atoms with Gasteiger partial charge in [0, 0.05) is 19.5 Å². The van der Waals surface area contributed by atoms with Crippen LogP contribution >= 0.6 is 0 Å². The SMILES string of the molecule is CC[C@@H](c1ccccc1)N(CC(C)C)C(=O)NCc1nnc2n1CCC2. The number of aromatic nitrogens is 3. The molecule has 6 nitrogen and oxygen atoms in total. The van der Waals surface area contributed by atoms with E-state index in [1.165, 1.54) is 5.56 Å². The van der Waals surface area contributed by atoms with Gasteiger partial charge in [-0.25, -0.2) is 4.79 Å². The first kappa shape index (κ1) is 18.4. The standard InChI is InChI=1S/C20H29N5O/c1-4-17(16-9-6-5-7-10-16)25(14-15(2)3)20(26)21-13-19-23-22-18-11-8-12-24(18)19/h5-7,9-10,15,17H,4,8,11-14H2,1-3H3,(H,21,26)/t17-/m0/s1. The number of amides is 2. The zero-order chi connectivity index (χ0) is 18.5. The second kappa shape index (κ2) is 8.34. The van der Waals surface area contributed by atoms with Gasteiger partial charge in [0.2, 0.25) is 0 Å². The summed E-state index contributed by atoms with van der Waals surface area (Å²) in [6, 6.07) is 10.3. The van der Waals surface area contributed by atoms with Crippen molar-refractivity contribution in [1.29, 1.82) is 0 Å². The molecule has 0 saturated heterocycles. The van der Waals surface area contributed by atoms with E-state index < -0.39 is 0 Å². The van der Waals surface area contributed by atoms with Crippen LogP contribution in [0.25, 0.3) is 0 Å². The van der Waals surface area contributed by atoms with E-state index in [4.69, 9.17) is 0 Å². The molecule has 26 heavy (non-hydrogen) atoms. The fourth-order valence-corrected chi connectivity index (χ4v) is 3.65. The molecular formula is C20H29N5O. The summed E-state index contributed by atoms with van der Waals surface area (Å²) in [6.45, 7) is 8.50. The highest BCUT2D eigenvalue weighted by atomic mass is 16.2. The zero-order valence-corrected chi connectivity index (χ0v) is 16.0. The van der Waals surface area contributed by atoms with Gasteiger partial charge in [-0.3, -0.25) is 0 Å². The number of hydrogen-bond donors (Lipinski definition) is 1. The molecule has 6 heteroatoms. The monoisotopic (exact) mass is 355 g/mol. The van der Waals surface area contributed by atoms with Crippen LogP contribution in [-0.2, 0) is 19.5 Å². The molecular weight excluding hydrogens is 326 g/mol. The number of carbonyl (C=O) groups excluding carboxylic acids is 1. The quantitative estimate of drug-likeness (QED) is 0.826. The number of urea groups is 1.